The summed E-state index contributed by atoms with van der Waals surface area (Å²) in [5, 5.41) is 9.46. The van der Waals surface area contributed by atoms with Crippen molar-refractivity contribution in [3.05, 3.63) is 125 Å². The average molecular weight is 637 g/mol. The van der Waals surface area contributed by atoms with Crippen LogP contribution in [-0.4, -0.2) is 35.3 Å². The SMILES string of the molecule is CCOC(=O)C1=C(C)N=c2s/c(=C\c3cc(Cl)c(OCc4cccc(C(=O)O)c4)c(OC)c3)c(=O)n2[C@H]1c1ccc(F)cc1. The van der Waals surface area contributed by atoms with E-state index in [0.717, 1.165) is 11.3 Å². The van der Waals surface area contributed by atoms with Gasteiger partial charge in [0.25, 0.3) is 5.56 Å². The number of ether oxygens (including phenoxy) is 3. The van der Waals surface area contributed by atoms with E-state index in [0.29, 0.717) is 37.5 Å². The van der Waals surface area contributed by atoms with Crippen LogP contribution < -0.4 is 24.4 Å². The van der Waals surface area contributed by atoms with E-state index >= 15 is 0 Å². The molecular weight excluding hydrogens is 611 g/mol. The number of allylic oxidation sites excluding steroid dienone is 1. The Morgan fingerprint density at radius 1 is 1.16 bits per heavy atom. The lowest BCUT2D eigenvalue weighted by Gasteiger charge is -2.24. The first-order chi connectivity index (χ1) is 21.1. The smallest absolute Gasteiger partial charge is 0.338 e. The van der Waals surface area contributed by atoms with Crippen LogP contribution in [0.1, 0.15) is 46.9 Å². The van der Waals surface area contributed by atoms with Crippen LogP contribution in [0, 0.1) is 5.82 Å². The molecule has 1 aliphatic rings. The molecule has 12 heteroatoms. The minimum atomic E-state index is -1.05. The summed E-state index contributed by atoms with van der Waals surface area (Å²) in [5.41, 5.74) is 2.00. The van der Waals surface area contributed by atoms with Crippen LogP contribution in [0.4, 0.5) is 4.39 Å². The standard InChI is InChI=1S/C32H26ClFN2O7S/c1-4-42-31(40)26-17(2)35-32-36(27(26)20-8-10-22(34)11-9-20)29(37)25(44-32)15-19-13-23(33)28(24(14-19)41-3)43-16-18-6-5-7-21(12-18)30(38)39/h5-15,27H,4,16H2,1-3H3,(H,38,39)/b25-15-/t27-/m0/s1. The molecule has 0 spiro atoms. The molecule has 4 aromatic rings. The Balaban J connectivity index is 1.55. The fourth-order valence-corrected chi connectivity index (χ4v) is 6.14. The zero-order valence-electron chi connectivity index (χ0n) is 23.8. The van der Waals surface area contributed by atoms with E-state index in [2.05, 4.69) is 4.99 Å². The molecule has 5 rings (SSSR count). The fraction of sp³-hybridized carbons (Fsp3) is 0.188. The van der Waals surface area contributed by atoms with E-state index in [-0.39, 0.29) is 35.1 Å². The molecule has 0 saturated heterocycles. The first-order valence-corrected chi connectivity index (χ1v) is 14.6. The summed E-state index contributed by atoms with van der Waals surface area (Å²) >= 11 is 7.71. The summed E-state index contributed by atoms with van der Waals surface area (Å²) in [6.07, 6.45) is 1.63. The molecule has 226 valence electrons. The third-order valence-electron chi connectivity index (χ3n) is 6.81. The van der Waals surface area contributed by atoms with Gasteiger partial charge in [-0.2, -0.15) is 0 Å². The first kappa shape index (κ1) is 30.7. The number of carboxylic acid groups (broad SMARTS) is 1. The lowest BCUT2D eigenvalue weighted by molar-refractivity contribution is -0.139. The zero-order valence-corrected chi connectivity index (χ0v) is 25.4. The minimum Gasteiger partial charge on any atom is -0.493 e. The Kier molecular flexibility index (Phi) is 8.98. The molecule has 44 heavy (non-hydrogen) atoms. The van der Waals surface area contributed by atoms with Crippen molar-refractivity contribution in [1.29, 1.82) is 0 Å². The number of methoxy groups -OCH3 is 1. The van der Waals surface area contributed by atoms with Gasteiger partial charge in [0.1, 0.15) is 12.4 Å². The number of carboxylic acids is 1. The highest BCUT2D eigenvalue weighted by Crippen LogP contribution is 2.37. The normalized spacial score (nSPS) is 14.6. The number of rotatable bonds is 9. The van der Waals surface area contributed by atoms with Crippen LogP contribution in [0.15, 0.2) is 81.7 Å². The highest BCUT2D eigenvalue weighted by atomic mass is 35.5. The number of hydrogen-bond acceptors (Lipinski definition) is 8. The molecule has 3 aromatic carbocycles. The molecule has 1 aromatic heterocycles. The van der Waals surface area contributed by atoms with Gasteiger partial charge >= 0.3 is 11.9 Å². The maximum atomic E-state index is 13.8. The number of esters is 1. The molecule has 1 atom stereocenters. The fourth-order valence-electron chi connectivity index (χ4n) is 4.82. The van der Waals surface area contributed by atoms with Gasteiger partial charge in [-0.25, -0.2) is 19.0 Å². The Hall–Kier alpha value is -4.74. The van der Waals surface area contributed by atoms with Crippen molar-refractivity contribution >= 4 is 41.0 Å². The molecule has 1 aliphatic heterocycles. The van der Waals surface area contributed by atoms with Crippen LogP contribution >= 0.6 is 22.9 Å². The highest BCUT2D eigenvalue weighted by Gasteiger charge is 2.33. The Morgan fingerprint density at radius 2 is 1.91 bits per heavy atom. The molecule has 0 aliphatic carbocycles. The third kappa shape index (κ3) is 6.15. The third-order valence-corrected chi connectivity index (χ3v) is 8.07. The molecule has 1 N–H and O–H groups in total. The molecule has 0 saturated carbocycles. The topological polar surface area (TPSA) is 116 Å². The van der Waals surface area contributed by atoms with Crippen molar-refractivity contribution in [2.45, 2.75) is 26.5 Å². The van der Waals surface area contributed by atoms with Gasteiger partial charge in [-0.3, -0.25) is 9.36 Å². The maximum Gasteiger partial charge on any atom is 0.338 e. The average Bonchev–Trinajstić information content (AvgIpc) is 3.30. The lowest BCUT2D eigenvalue weighted by Crippen LogP contribution is -2.39. The number of nitrogens with zero attached hydrogens (tertiary/aromatic N) is 2. The summed E-state index contributed by atoms with van der Waals surface area (Å²) in [6, 6.07) is 14.3. The van der Waals surface area contributed by atoms with E-state index in [1.165, 1.54) is 48.1 Å². The molecule has 0 bridgehead atoms. The zero-order chi connectivity index (χ0) is 31.5. The van der Waals surface area contributed by atoms with E-state index in [4.69, 9.17) is 25.8 Å². The van der Waals surface area contributed by atoms with Gasteiger partial charge in [0, 0.05) is 0 Å². The summed E-state index contributed by atoms with van der Waals surface area (Å²) < 4.78 is 32.2. The number of aromatic carboxylic acids is 1. The Morgan fingerprint density at radius 3 is 2.59 bits per heavy atom. The van der Waals surface area contributed by atoms with Crippen LogP contribution in [0.3, 0.4) is 0 Å². The number of aromatic nitrogens is 1. The monoisotopic (exact) mass is 636 g/mol. The van der Waals surface area contributed by atoms with E-state index < -0.39 is 29.4 Å². The second kappa shape index (κ2) is 12.9. The number of benzene rings is 3. The maximum absolute atomic E-state index is 13.8. The molecule has 2 heterocycles. The van der Waals surface area contributed by atoms with E-state index in [9.17, 15) is 23.9 Å². The van der Waals surface area contributed by atoms with Crippen molar-refractivity contribution in [2.75, 3.05) is 13.7 Å². The molecular formula is C32H26ClFN2O7S. The Bertz CT molecular complexity index is 1980. The van der Waals surface area contributed by atoms with Crippen molar-refractivity contribution in [2.24, 2.45) is 4.99 Å². The van der Waals surface area contributed by atoms with Crippen LogP contribution in [0.5, 0.6) is 11.5 Å². The number of carbonyl (C=O) groups excluding carboxylic acids is 1. The first-order valence-electron chi connectivity index (χ1n) is 13.4. The summed E-state index contributed by atoms with van der Waals surface area (Å²) in [4.78, 5) is 43.1. The van der Waals surface area contributed by atoms with Gasteiger partial charge in [0.2, 0.25) is 0 Å². The number of thiazole rings is 1. The van der Waals surface area contributed by atoms with Crippen LogP contribution in [-0.2, 0) is 16.1 Å². The van der Waals surface area contributed by atoms with Gasteiger partial charge in [0.15, 0.2) is 16.3 Å². The van der Waals surface area contributed by atoms with Gasteiger partial charge in [-0.1, -0.05) is 47.2 Å². The highest BCUT2D eigenvalue weighted by molar-refractivity contribution is 7.07. The molecule has 9 nitrogen and oxygen atoms in total. The van der Waals surface area contributed by atoms with E-state index in [1.54, 1.807) is 44.2 Å². The quantitative estimate of drug-likeness (QED) is 0.261. The lowest BCUT2D eigenvalue weighted by atomic mass is 9.96. The van der Waals surface area contributed by atoms with Crippen molar-refractivity contribution in [1.82, 2.24) is 4.57 Å². The summed E-state index contributed by atoms with van der Waals surface area (Å²) in [5.74, 6) is -1.56. The van der Waals surface area contributed by atoms with Gasteiger partial charge < -0.3 is 19.3 Å². The molecule has 0 radical (unpaired) electrons. The number of halogens is 2. The molecule has 0 fully saturated rings. The number of fused-ring (bicyclic) bond motifs is 1. The van der Waals surface area contributed by atoms with Gasteiger partial charge in [-0.15, -0.1) is 0 Å². The summed E-state index contributed by atoms with van der Waals surface area (Å²) in [6.45, 7) is 3.53. The van der Waals surface area contributed by atoms with E-state index in [1.807, 2.05) is 0 Å². The van der Waals surface area contributed by atoms with Crippen LogP contribution in [0.25, 0.3) is 6.08 Å². The minimum absolute atomic E-state index is 0.0423. The predicted octanol–water partition coefficient (Wildman–Crippen LogP) is 4.88. The van der Waals surface area contributed by atoms with Crippen molar-refractivity contribution in [3.63, 3.8) is 0 Å². The largest absolute Gasteiger partial charge is 0.493 e. The molecule has 0 unspecified atom stereocenters. The number of hydrogen-bond donors (Lipinski definition) is 1. The van der Waals surface area contributed by atoms with Crippen LogP contribution in [0.2, 0.25) is 5.02 Å². The molecule has 0 amide bonds. The second-order valence-electron chi connectivity index (χ2n) is 9.68. The summed E-state index contributed by atoms with van der Waals surface area (Å²) in [7, 11) is 1.45. The van der Waals surface area contributed by atoms with Gasteiger partial charge in [-0.05, 0) is 73.0 Å². The number of carbonyl (C=O) groups is 2. The predicted molar refractivity (Wildman–Crippen MR) is 163 cm³/mol. The second-order valence-corrected chi connectivity index (χ2v) is 11.1. The van der Waals surface area contributed by atoms with Crippen molar-refractivity contribution < 1.29 is 33.3 Å². The van der Waals surface area contributed by atoms with Crippen molar-refractivity contribution in [3.8, 4) is 11.5 Å². The Labute approximate surface area is 259 Å². The van der Waals surface area contributed by atoms with Gasteiger partial charge in [0.05, 0.1) is 46.1 Å².